The quantitative estimate of drug-likeness (QED) is 0.761. The normalized spacial score (nSPS) is 17.1. The van der Waals surface area contributed by atoms with Gasteiger partial charge in [0.25, 0.3) is 0 Å². The zero-order valence-corrected chi connectivity index (χ0v) is 9.72. The molecule has 1 aliphatic heterocycles. The first kappa shape index (κ1) is 11.1. The van der Waals surface area contributed by atoms with E-state index in [4.69, 9.17) is 0 Å². The summed E-state index contributed by atoms with van der Waals surface area (Å²) in [7, 11) is 0. The minimum Gasteiger partial charge on any atom is -0.273 e. The van der Waals surface area contributed by atoms with Crippen LogP contribution in [0.5, 0.6) is 0 Å². The lowest BCUT2D eigenvalue weighted by atomic mass is 10.1. The number of hydrogen-bond donors (Lipinski definition) is 0. The van der Waals surface area contributed by atoms with E-state index in [1.165, 1.54) is 19.3 Å². The fraction of sp³-hybridized carbons (Fsp3) is 0.462. The molecule has 0 spiro atoms. The van der Waals surface area contributed by atoms with E-state index in [1.54, 1.807) is 11.9 Å². The number of benzene rings is 1. The largest absolute Gasteiger partial charge is 0.273 e. The number of hydrogen-bond acceptors (Lipinski definition) is 2. The number of carbonyl (C=O) groups is 1. The summed E-state index contributed by atoms with van der Waals surface area (Å²) in [5.74, 6) is 0.0908. The van der Waals surface area contributed by atoms with Crippen molar-refractivity contribution >= 4 is 11.6 Å². The third-order valence-corrected chi connectivity index (χ3v) is 2.91. The lowest BCUT2D eigenvalue weighted by molar-refractivity contribution is -0.119. The average Bonchev–Trinajstić information content (AvgIpc) is 2.31. The van der Waals surface area contributed by atoms with Crippen LogP contribution in [0.25, 0.3) is 0 Å². The first-order valence-corrected chi connectivity index (χ1v) is 5.89. The summed E-state index contributed by atoms with van der Waals surface area (Å²) >= 11 is 0. The van der Waals surface area contributed by atoms with E-state index >= 15 is 0 Å². The number of amides is 1. The smallest absolute Gasteiger partial charge is 0.238 e. The number of hydrazine groups is 1. The molecule has 1 amide bonds. The SMILES string of the molecule is CC(=O)N(c1ccccc1)N1CCCCC1. The van der Waals surface area contributed by atoms with Crippen LogP contribution >= 0.6 is 0 Å². The van der Waals surface area contributed by atoms with Crippen LogP contribution in [-0.4, -0.2) is 24.0 Å². The molecule has 1 aromatic rings. The molecular formula is C13H18N2O. The van der Waals surface area contributed by atoms with E-state index in [-0.39, 0.29) is 5.91 Å². The highest BCUT2D eigenvalue weighted by atomic mass is 16.2. The van der Waals surface area contributed by atoms with Crippen molar-refractivity contribution in [2.24, 2.45) is 0 Å². The van der Waals surface area contributed by atoms with Crippen molar-refractivity contribution < 1.29 is 4.79 Å². The molecule has 0 N–H and O–H groups in total. The van der Waals surface area contributed by atoms with Gasteiger partial charge in [0.2, 0.25) is 5.91 Å². The van der Waals surface area contributed by atoms with E-state index in [9.17, 15) is 4.79 Å². The Kier molecular flexibility index (Phi) is 3.57. The molecule has 0 radical (unpaired) electrons. The highest BCUT2D eigenvalue weighted by Gasteiger charge is 2.21. The van der Waals surface area contributed by atoms with Gasteiger partial charge in [-0.05, 0) is 25.0 Å². The van der Waals surface area contributed by atoms with Gasteiger partial charge in [-0.3, -0.25) is 4.79 Å². The van der Waals surface area contributed by atoms with Crippen molar-refractivity contribution in [1.82, 2.24) is 5.01 Å². The number of nitrogens with zero attached hydrogens (tertiary/aromatic N) is 2. The molecule has 2 rings (SSSR count). The Balaban J connectivity index is 2.20. The zero-order chi connectivity index (χ0) is 11.4. The van der Waals surface area contributed by atoms with Gasteiger partial charge in [-0.1, -0.05) is 24.6 Å². The van der Waals surface area contributed by atoms with Crippen LogP contribution in [0, 0.1) is 0 Å². The Labute approximate surface area is 96.6 Å². The minimum atomic E-state index is 0.0908. The van der Waals surface area contributed by atoms with Gasteiger partial charge in [0, 0.05) is 20.0 Å². The van der Waals surface area contributed by atoms with Crippen LogP contribution in [0.4, 0.5) is 5.69 Å². The van der Waals surface area contributed by atoms with Crippen molar-refractivity contribution in [3.8, 4) is 0 Å². The summed E-state index contributed by atoms with van der Waals surface area (Å²) in [5, 5.41) is 3.96. The van der Waals surface area contributed by atoms with Gasteiger partial charge in [0.1, 0.15) is 0 Å². The van der Waals surface area contributed by atoms with Crippen molar-refractivity contribution in [1.29, 1.82) is 0 Å². The van der Waals surface area contributed by atoms with Gasteiger partial charge in [-0.15, -0.1) is 0 Å². The maximum absolute atomic E-state index is 11.7. The van der Waals surface area contributed by atoms with Gasteiger partial charge in [0.15, 0.2) is 0 Å². The second kappa shape index (κ2) is 5.12. The van der Waals surface area contributed by atoms with Crippen LogP contribution in [0.3, 0.4) is 0 Å². The molecule has 1 fully saturated rings. The fourth-order valence-corrected chi connectivity index (χ4v) is 2.19. The Bertz CT molecular complexity index is 344. The van der Waals surface area contributed by atoms with Gasteiger partial charge < -0.3 is 0 Å². The maximum Gasteiger partial charge on any atom is 0.238 e. The predicted molar refractivity (Wildman–Crippen MR) is 65.0 cm³/mol. The van der Waals surface area contributed by atoms with Gasteiger partial charge in [-0.2, -0.15) is 0 Å². The number of rotatable bonds is 2. The van der Waals surface area contributed by atoms with Crippen LogP contribution < -0.4 is 5.01 Å². The van der Waals surface area contributed by atoms with E-state index in [2.05, 4.69) is 5.01 Å². The number of anilines is 1. The monoisotopic (exact) mass is 218 g/mol. The number of carbonyl (C=O) groups excluding carboxylic acids is 1. The van der Waals surface area contributed by atoms with Crippen molar-refractivity contribution in [2.75, 3.05) is 18.1 Å². The zero-order valence-electron chi connectivity index (χ0n) is 9.72. The van der Waals surface area contributed by atoms with Crippen LogP contribution in [0.15, 0.2) is 30.3 Å². The lowest BCUT2D eigenvalue weighted by Gasteiger charge is -2.36. The van der Waals surface area contributed by atoms with Crippen LogP contribution in [-0.2, 0) is 4.79 Å². The summed E-state index contributed by atoms with van der Waals surface area (Å²) < 4.78 is 0. The van der Waals surface area contributed by atoms with E-state index in [1.807, 2.05) is 30.3 Å². The summed E-state index contributed by atoms with van der Waals surface area (Å²) in [6.45, 7) is 3.59. The standard InChI is InChI=1S/C13H18N2O/c1-12(16)15(13-8-4-2-5-9-13)14-10-6-3-7-11-14/h2,4-5,8-9H,3,6-7,10-11H2,1H3. The molecule has 0 saturated carbocycles. The maximum atomic E-state index is 11.7. The third-order valence-electron chi connectivity index (χ3n) is 2.91. The van der Waals surface area contributed by atoms with E-state index in [0.29, 0.717) is 0 Å². The Morgan fingerprint density at radius 1 is 1.12 bits per heavy atom. The topological polar surface area (TPSA) is 23.6 Å². The first-order chi connectivity index (χ1) is 7.79. The molecule has 0 atom stereocenters. The molecule has 0 aliphatic carbocycles. The second-order valence-electron chi connectivity index (χ2n) is 4.18. The molecule has 86 valence electrons. The summed E-state index contributed by atoms with van der Waals surface area (Å²) in [4.78, 5) is 11.7. The van der Waals surface area contributed by atoms with Crippen molar-refractivity contribution in [3.63, 3.8) is 0 Å². The molecule has 1 aromatic carbocycles. The van der Waals surface area contributed by atoms with Gasteiger partial charge in [-0.25, -0.2) is 10.0 Å². The average molecular weight is 218 g/mol. The molecule has 3 nitrogen and oxygen atoms in total. The van der Waals surface area contributed by atoms with E-state index in [0.717, 1.165) is 18.8 Å². The van der Waals surface area contributed by atoms with E-state index < -0.39 is 0 Å². The molecule has 1 heterocycles. The lowest BCUT2D eigenvalue weighted by Crippen LogP contribution is -2.48. The molecule has 0 bridgehead atoms. The highest BCUT2D eigenvalue weighted by molar-refractivity contribution is 5.90. The predicted octanol–water partition coefficient (Wildman–Crippen LogP) is 2.44. The number of para-hydroxylation sites is 1. The first-order valence-electron chi connectivity index (χ1n) is 5.89. The number of piperidine rings is 1. The Morgan fingerprint density at radius 3 is 2.31 bits per heavy atom. The van der Waals surface area contributed by atoms with Crippen LogP contribution in [0.1, 0.15) is 26.2 Å². The Hall–Kier alpha value is -1.35. The summed E-state index contributed by atoms with van der Waals surface area (Å²) in [6.07, 6.45) is 3.63. The Morgan fingerprint density at radius 2 is 1.75 bits per heavy atom. The fourth-order valence-electron chi connectivity index (χ4n) is 2.19. The molecule has 1 aliphatic rings. The molecule has 0 unspecified atom stereocenters. The molecule has 16 heavy (non-hydrogen) atoms. The summed E-state index contributed by atoms with van der Waals surface area (Å²) in [6, 6.07) is 9.87. The molecule has 3 heteroatoms. The highest BCUT2D eigenvalue weighted by Crippen LogP contribution is 2.19. The van der Waals surface area contributed by atoms with Gasteiger partial charge in [0.05, 0.1) is 5.69 Å². The third kappa shape index (κ3) is 2.42. The van der Waals surface area contributed by atoms with Gasteiger partial charge >= 0.3 is 0 Å². The van der Waals surface area contributed by atoms with Crippen molar-refractivity contribution in [3.05, 3.63) is 30.3 Å². The second-order valence-corrected chi connectivity index (χ2v) is 4.18. The molecular weight excluding hydrogens is 200 g/mol. The summed E-state index contributed by atoms with van der Waals surface area (Å²) in [5.41, 5.74) is 0.969. The van der Waals surface area contributed by atoms with Crippen LogP contribution in [0.2, 0.25) is 0 Å². The minimum absolute atomic E-state index is 0.0908. The van der Waals surface area contributed by atoms with Crippen molar-refractivity contribution in [2.45, 2.75) is 26.2 Å². The molecule has 1 saturated heterocycles. The molecule has 0 aromatic heterocycles.